The van der Waals surface area contributed by atoms with E-state index < -0.39 is 11.7 Å². The third kappa shape index (κ3) is 4.41. The molecule has 1 rings (SSSR count). The Bertz CT molecular complexity index is 457. The molecule has 18 heavy (non-hydrogen) atoms. The molecule has 1 aromatic carbocycles. The summed E-state index contributed by atoms with van der Waals surface area (Å²) in [7, 11) is 0. The first-order valence-corrected chi connectivity index (χ1v) is 5.69. The molecule has 0 bridgehead atoms. The smallest absolute Gasteiger partial charge is 0.373 e. The number of carbonyl (C=O) groups excluding carboxylic acids is 2. The number of carbonyl (C=O) groups is 2. The summed E-state index contributed by atoms with van der Waals surface area (Å²) in [5.41, 5.74) is 1.94. The molecule has 96 valence electrons. The van der Waals surface area contributed by atoms with E-state index in [1.165, 1.54) is 0 Å². The van der Waals surface area contributed by atoms with Gasteiger partial charge in [0.2, 0.25) is 5.76 Å². The Morgan fingerprint density at radius 1 is 1.28 bits per heavy atom. The van der Waals surface area contributed by atoms with Crippen LogP contribution in [0.15, 0.2) is 36.1 Å². The molecule has 0 fully saturated rings. The van der Waals surface area contributed by atoms with Crippen LogP contribution in [0.4, 0.5) is 0 Å². The molecule has 0 heterocycles. The summed E-state index contributed by atoms with van der Waals surface area (Å²) >= 11 is 0. The first-order chi connectivity index (χ1) is 8.52. The van der Waals surface area contributed by atoms with Crippen LogP contribution >= 0.6 is 0 Å². The van der Waals surface area contributed by atoms with Gasteiger partial charge in [0.05, 0.1) is 6.61 Å². The van der Waals surface area contributed by atoms with Crippen molar-refractivity contribution < 1.29 is 19.4 Å². The van der Waals surface area contributed by atoms with Crippen LogP contribution < -0.4 is 0 Å². The molecule has 1 aromatic rings. The molecule has 4 nitrogen and oxygen atoms in total. The van der Waals surface area contributed by atoms with Crippen molar-refractivity contribution in [3.8, 4) is 0 Å². The van der Waals surface area contributed by atoms with Gasteiger partial charge < -0.3 is 9.84 Å². The van der Waals surface area contributed by atoms with E-state index in [9.17, 15) is 14.7 Å². The average Bonchev–Trinajstić information content (AvgIpc) is 2.32. The lowest BCUT2D eigenvalue weighted by Gasteiger charge is -2.01. The van der Waals surface area contributed by atoms with Crippen LogP contribution in [0.5, 0.6) is 0 Å². The van der Waals surface area contributed by atoms with E-state index in [4.69, 9.17) is 0 Å². The highest BCUT2D eigenvalue weighted by atomic mass is 16.5. The zero-order valence-electron chi connectivity index (χ0n) is 10.5. The number of benzene rings is 1. The zero-order valence-corrected chi connectivity index (χ0v) is 10.5. The maximum absolute atomic E-state index is 11.6. The van der Waals surface area contributed by atoms with Crippen molar-refractivity contribution in [1.29, 1.82) is 0 Å². The average molecular weight is 248 g/mol. The topological polar surface area (TPSA) is 63.6 Å². The van der Waals surface area contributed by atoms with Gasteiger partial charge >= 0.3 is 5.97 Å². The summed E-state index contributed by atoms with van der Waals surface area (Å²) < 4.78 is 4.56. The Morgan fingerprint density at radius 3 is 2.44 bits per heavy atom. The van der Waals surface area contributed by atoms with Gasteiger partial charge in [-0.15, -0.1) is 0 Å². The molecule has 0 atom stereocenters. The van der Waals surface area contributed by atoms with Crippen molar-refractivity contribution >= 4 is 11.8 Å². The van der Waals surface area contributed by atoms with Crippen LogP contribution in [0.2, 0.25) is 0 Å². The molecule has 0 saturated heterocycles. The number of rotatable bonds is 5. The van der Waals surface area contributed by atoms with Crippen molar-refractivity contribution in [2.24, 2.45) is 0 Å². The van der Waals surface area contributed by atoms with Crippen molar-refractivity contribution in [3.63, 3.8) is 0 Å². The van der Waals surface area contributed by atoms with Gasteiger partial charge in [0.25, 0.3) is 0 Å². The number of aryl methyl sites for hydroxylation is 1. The summed E-state index contributed by atoms with van der Waals surface area (Å²) in [6.45, 7) is 3.74. The Hall–Kier alpha value is -2.10. The predicted octanol–water partition coefficient (Wildman–Crippen LogP) is 2.11. The van der Waals surface area contributed by atoms with Gasteiger partial charge in [0.1, 0.15) is 0 Å². The van der Waals surface area contributed by atoms with Crippen LogP contribution in [0.1, 0.15) is 18.1 Å². The number of hydrogen-bond donors (Lipinski definition) is 1. The number of allylic oxidation sites excluding steroid dienone is 1. The van der Waals surface area contributed by atoms with E-state index >= 15 is 0 Å². The molecular formula is C14H16O4. The monoisotopic (exact) mass is 248 g/mol. The lowest BCUT2D eigenvalue weighted by Crippen LogP contribution is -2.10. The third-order valence-corrected chi connectivity index (χ3v) is 2.28. The Labute approximate surface area is 106 Å². The van der Waals surface area contributed by atoms with Crippen LogP contribution in [-0.2, 0) is 20.7 Å². The highest BCUT2D eigenvalue weighted by Gasteiger charge is 2.10. The number of ether oxygens (including phenoxy) is 1. The number of hydrogen-bond acceptors (Lipinski definition) is 4. The van der Waals surface area contributed by atoms with Crippen LogP contribution in [-0.4, -0.2) is 23.5 Å². The summed E-state index contributed by atoms with van der Waals surface area (Å²) in [4.78, 5) is 22.7. The van der Waals surface area contributed by atoms with Gasteiger partial charge in [0.15, 0.2) is 5.78 Å². The Kier molecular flexibility index (Phi) is 5.11. The molecule has 0 aromatic heterocycles. The lowest BCUT2D eigenvalue weighted by atomic mass is 10.1. The molecule has 0 radical (unpaired) electrons. The SMILES string of the molecule is CCOC(=O)/C(O)=C/C(=O)Cc1ccc(C)cc1. The Balaban J connectivity index is 2.63. The molecule has 0 aliphatic rings. The van der Waals surface area contributed by atoms with Crippen LogP contribution in [0, 0.1) is 6.92 Å². The molecule has 0 aliphatic carbocycles. The molecule has 0 saturated carbocycles. The zero-order chi connectivity index (χ0) is 13.5. The molecule has 1 N–H and O–H groups in total. The normalized spacial score (nSPS) is 11.1. The second-order valence-electron chi connectivity index (χ2n) is 3.88. The van der Waals surface area contributed by atoms with E-state index in [1.54, 1.807) is 6.92 Å². The van der Waals surface area contributed by atoms with E-state index in [2.05, 4.69) is 4.74 Å². The van der Waals surface area contributed by atoms with Gasteiger partial charge in [0, 0.05) is 12.5 Å². The fourth-order valence-electron chi connectivity index (χ4n) is 1.37. The van der Waals surface area contributed by atoms with Crippen molar-refractivity contribution in [3.05, 3.63) is 47.2 Å². The maximum atomic E-state index is 11.6. The van der Waals surface area contributed by atoms with Gasteiger partial charge in [-0.3, -0.25) is 4.79 Å². The first-order valence-electron chi connectivity index (χ1n) is 5.69. The van der Waals surface area contributed by atoms with E-state index in [0.717, 1.165) is 17.2 Å². The second-order valence-corrected chi connectivity index (χ2v) is 3.88. The minimum atomic E-state index is -0.880. The molecule has 0 aliphatic heterocycles. The van der Waals surface area contributed by atoms with E-state index in [1.807, 2.05) is 31.2 Å². The quantitative estimate of drug-likeness (QED) is 0.492. The van der Waals surface area contributed by atoms with Crippen molar-refractivity contribution in [2.45, 2.75) is 20.3 Å². The summed E-state index contributed by atoms with van der Waals surface area (Å²) in [6, 6.07) is 7.47. The summed E-state index contributed by atoms with van der Waals surface area (Å²) in [5, 5.41) is 9.31. The third-order valence-electron chi connectivity index (χ3n) is 2.28. The molecular weight excluding hydrogens is 232 g/mol. The summed E-state index contributed by atoms with van der Waals surface area (Å²) in [5.74, 6) is -1.88. The fraction of sp³-hybridized carbons (Fsp3) is 0.286. The van der Waals surface area contributed by atoms with Gasteiger partial charge in [-0.2, -0.15) is 0 Å². The predicted molar refractivity (Wildman–Crippen MR) is 67.2 cm³/mol. The highest BCUT2D eigenvalue weighted by molar-refractivity contribution is 5.98. The molecule has 4 heteroatoms. The number of aliphatic hydroxyl groups excluding tert-OH is 1. The van der Waals surface area contributed by atoms with Crippen molar-refractivity contribution in [1.82, 2.24) is 0 Å². The first kappa shape index (κ1) is 14.0. The van der Waals surface area contributed by atoms with Crippen molar-refractivity contribution in [2.75, 3.05) is 6.61 Å². The maximum Gasteiger partial charge on any atom is 0.373 e. The number of ketones is 1. The molecule has 0 unspecified atom stereocenters. The largest absolute Gasteiger partial charge is 0.502 e. The van der Waals surface area contributed by atoms with Crippen LogP contribution in [0.3, 0.4) is 0 Å². The lowest BCUT2D eigenvalue weighted by molar-refractivity contribution is -0.141. The number of esters is 1. The second kappa shape index (κ2) is 6.59. The standard InChI is InChI=1S/C14H16O4/c1-3-18-14(17)13(16)9-12(15)8-11-6-4-10(2)5-7-11/h4-7,9,16H,3,8H2,1-2H3/b13-9-. The number of aliphatic hydroxyl groups is 1. The minimum absolute atomic E-state index is 0.143. The van der Waals surface area contributed by atoms with E-state index in [-0.39, 0.29) is 18.8 Å². The summed E-state index contributed by atoms with van der Waals surface area (Å²) in [6.07, 6.45) is 1.04. The highest BCUT2D eigenvalue weighted by Crippen LogP contribution is 2.05. The fourth-order valence-corrected chi connectivity index (χ4v) is 1.37. The minimum Gasteiger partial charge on any atom is -0.502 e. The molecule has 0 amide bonds. The van der Waals surface area contributed by atoms with Gasteiger partial charge in [-0.1, -0.05) is 29.8 Å². The Morgan fingerprint density at radius 2 is 1.89 bits per heavy atom. The van der Waals surface area contributed by atoms with Gasteiger partial charge in [-0.05, 0) is 19.4 Å². The van der Waals surface area contributed by atoms with Crippen LogP contribution in [0.25, 0.3) is 0 Å². The van der Waals surface area contributed by atoms with Gasteiger partial charge in [-0.25, -0.2) is 4.79 Å². The van der Waals surface area contributed by atoms with E-state index in [0.29, 0.717) is 0 Å². The molecule has 0 spiro atoms.